The zero-order valence-electron chi connectivity index (χ0n) is 18.9. The van der Waals surface area contributed by atoms with Crippen LogP contribution in [0.4, 0.5) is 13.2 Å². The van der Waals surface area contributed by atoms with Crippen molar-refractivity contribution < 1.29 is 23.1 Å². The Labute approximate surface area is 200 Å². The van der Waals surface area contributed by atoms with Crippen molar-refractivity contribution in [1.82, 2.24) is 25.1 Å². The van der Waals surface area contributed by atoms with Gasteiger partial charge in [0.25, 0.3) is 0 Å². The molecule has 7 nitrogen and oxygen atoms in total. The number of nitrogens with one attached hydrogen (secondary N) is 1. The van der Waals surface area contributed by atoms with Gasteiger partial charge in [-0.3, -0.25) is 4.98 Å². The van der Waals surface area contributed by atoms with Gasteiger partial charge in [0.1, 0.15) is 12.7 Å². The van der Waals surface area contributed by atoms with Crippen LogP contribution >= 0.6 is 0 Å². The van der Waals surface area contributed by atoms with Crippen LogP contribution in [-0.2, 0) is 17.9 Å². The van der Waals surface area contributed by atoms with E-state index in [2.05, 4.69) is 75.8 Å². The lowest BCUT2D eigenvalue weighted by atomic mass is 10.0. The number of carboxylic acids is 1. The largest absolute Gasteiger partial charge is 0.490 e. The second-order valence-electron chi connectivity index (χ2n) is 7.67. The molecule has 0 fully saturated rings. The Balaban J connectivity index is 0.000000429. The van der Waals surface area contributed by atoms with Gasteiger partial charge in [0.15, 0.2) is 0 Å². The third kappa shape index (κ3) is 8.04. The molecule has 1 unspecified atom stereocenters. The summed E-state index contributed by atoms with van der Waals surface area (Å²) in [6, 6.07) is 21.7. The molecule has 0 spiro atoms. The maximum atomic E-state index is 10.6. The number of nitrogens with zero attached hydrogens (tertiary/aromatic N) is 4. The standard InChI is InChI=1S/C23H23N5.C2HF3O2/c1-18(21-6-8-22(9-7-21)23-10-12-24-13-11-23)26-14-19-2-4-20(5-3-19)15-28-17-25-16-27-28;3-2(4,5)1(6)7/h2-13,16-18,26H,14-15H2,1H3;(H,6,7). The molecular formula is C25H24F3N5O2. The summed E-state index contributed by atoms with van der Waals surface area (Å²) >= 11 is 0. The highest BCUT2D eigenvalue weighted by Gasteiger charge is 2.38. The van der Waals surface area contributed by atoms with E-state index in [1.54, 1.807) is 12.7 Å². The summed E-state index contributed by atoms with van der Waals surface area (Å²) in [5.74, 6) is -2.76. The van der Waals surface area contributed by atoms with Crippen LogP contribution in [0.25, 0.3) is 11.1 Å². The molecule has 2 heterocycles. The van der Waals surface area contributed by atoms with Crippen LogP contribution in [0, 0.1) is 0 Å². The van der Waals surface area contributed by atoms with Gasteiger partial charge in [0.05, 0.1) is 6.54 Å². The van der Waals surface area contributed by atoms with Crippen LogP contribution in [0.15, 0.2) is 85.7 Å². The SMILES string of the molecule is CC(NCc1ccc(Cn2cncn2)cc1)c1ccc(-c2ccncc2)cc1.O=C(O)C(F)(F)F. The smallest absolute Gasteiger partial charge is 0.475 e. The number of alkyl halides is 3. The van der Waals surface area contributed by atoms with Crippen molar-refractivity contribution in [3.63, 3.8) is 0 Å². The molecule has 0 aliphatic rings. The van der Waals surface area contributed by atoms with Crippen molar-refractivity contribution >= 4 is 5.97 Å². The molecule has 2 aromatic heterocycles. The van der Waals surface area contributed by atoms with Crippen molar-refractivity contribution in [2.45, 2.75) is 32.2 Å². The highest BCUT2D eigenvalue weighted by molar-refractivity contribution is 5.73. The van der Waals surface area contributed by atoms with Crippen LogP contribution in [0.3, 0.4) is 0 Å². The monoisotopic (exact) mass is 483 g/mol. The molecule has 182 valence electrons. The van der Waals surface area contributed by atoms with E-state index in [4.69, 9.17) is 9.90 Å². The lowest BCUT2D eigenvalue weighted by molar-refractivity contribution is -0.192. The molecule has 2 N–H and O–H groups in total. The highest BCUT2D eigenvalue weighted by atomic mass is 19.4. The quantitative estimate of drug-likeness (QED) is 0.390. The summed E-state index contributed by atoms with van der Waals surface area (Å²) in [5.41, 5.74) is 6.16. The molecule has 0 bridgehead atoms. The maximum Gasteiger partial charge on any atom is 0.490 e. The number of hydrogen-bond acceptors (Lipinski definition) is 5. The number of aromatic nitrogens is 4. The lowest BCUT2D eigenvalue weighted by Gasteiger charge is -2.15. The van der Waals surface area contributed by atoms with Gasteiger partial charge in [0.2, 0.25) is 0 Å². The highest BCUT2D eigenvalue weighted by Crippen LogP contribution is 2.21. The molecule has 0 amide bonds. The first-order chi connectivity index (χ1) is 16.7. The summed E-state index contributed by atoms with van der Waals surface area (Å²) < 4.78 is 33.6. The van der Waals surface area contributed by atoms with E-state index in [0.717, 1.165) is 13.1 Å². The Kier molecular flexibility index (Phi) is 8.69. The Morgan fingerprint density at radius 1 is 0.943 bits per heavy atom. The van der Waals surface area contributed by atoms with Crippen molar-refractivity contribution in [3.8, 4) is 11.1 Å². The van der Waals surface area contributed by atoms with E-state index in [9.17, 15) is 13.2 Å². The minimum Gasteiger partial charge on any atom is -0.475 e. The Hall–Kier alpha value is -4.05. The number of aliphatic carboxylic acids is 1. The average Bonchev–Trinajstić information content (AvgIpc) is 3.37. The number of benzene rings is 2. The van der Waals surface area contributed by atoms with Crippen LogP contribution < -0.4 is 5.32 Å². The summed E-state index contributed by atoms with van der Waals surface area (Å²) in [6.45, 7) is 3.77. The average molecular weight is 483 g/mol. The first-order valence-corrected chi connectivity index (χ1v) is 10.7. The molecule has 0 saturated carbocycles. The van der Waals surface area contributed by atoms with Gasteiger partial charge >= 0.3 is 12.1 Å². The number of carbonyl (C=O) groups is 1. The Morgan fingerprint density at radius 2 is 1.51 bits per heavy atom. The van der Waals surface area contributed by atoms with Gasteiger partial charge in [-0.05, 0) is 46.9 Å². The topological polar surface area (TPSA) is 92.9 Å². The van der Waals surface area contributed by atoms with Crippen LogP contribution in [-0.4, -0.2) is 37.0 Å². The zero-order chi connectivity index (χ0) is 25.3. The minimum absolute atomic E-state index is 0.279. The molecule has 0 saturated heterocycles. The Morgan fingerprint density at radius 3 is 2.06 bits per heavy atom. The molecular weight excluding hydrogens is 459 g/mol. The molecule has 0 radical (unpaired) electrons. The fourth-order valence-electron chi connectivity index (χ4n) is 3.16. The van der Waals surface area contributed by atoms with Crippen LogP contribution in [0.2, 0.25) is 0 Å². The van der Waals surface area contributed by atoms with E-state index in [-0.39, 0.29) is 6.04 Å². The van der Waals surface area contributed by atoms with Crippen molar-refractivity contribution in [1.29, 1.82) is 0 Å². The first kappa shape index (κ1) is 25.6. The van der Waals surface area contributed by atoms with E-state index >= 15 is 0 Å². The van der Waals surface area contributed by atoms with E-state index < -0.39 is 12.1 Å². The molecule has 1 atom stereocenters. The molecule has 0 aliphatic carbocycles. The molecule has 4 aromatic rings. The van der Waals surface area contributed by atoms with Crippen molar-refractivity contribution in [2.75, 3.05) is 0 Å². The fraction of sp³-hybridized carbons (Fsp3) is 0.200. The number of pyridine rings is 1. The number of hydrogen-bond donors (Lipinski definition) is 2. The minimum atomic E-state index is -5.08. The van der Waals surface area contributed by atoms with Gasteiger partial charge < -0.3 is 10.4 Å². The van der Waals surface area contributed by atoms with Crippen molar-refractivity contribution in [3.05, 3.63) is 102 Å². The second kappa shape index (κ2) is 11.9. The third-order valence-electron chi connectivity index (χ3n) is 5.11. The number of rotatable bonds is 7. The zero-order valence-corrected chi connectivity index (χ0v) is 18.9. The van der Waals surface area contributed by atoms with Gasteiger partial charge in [-0.25, -0.2) is 14.5 Å². The van der Waals surface area contributed by atoms with Gasteiger partial charge in [-0.2, -0.15) is 18.3 Å². The Bertz CT molecular complexity index is 1180. The summed E-state index contributed by atoms with van der Waals surface area (Å²) in [7, 11) is 0. The first-order valence-electron chi connectivity index (χ1n) is 10.7. The van der Waals surface area contributed by atoms with Crippen LogP contribution in [0.1, 0.15) is 29.7 Å². The molecule has 35 heavy (non-hydrogen) atoms. The van der Waals surface area contributed by atoms with E-state index in [0.29, 0.717) is 0 Å². The summed E-state index contributed by atoms with van der Waals surface area (Å²) in [6.07, 6.45) is 1.86. The molecule has 2 aromatic carbocycles. The lowest BCUT2D eigenvalue weighted by Crippen LogP contribution is -2.21. The van der Waals surface area contributed by atoms with Crippen molar-refractivity contribution in [2.24, 2.45) is 0 Å². The normalized spacial score (nSPS) is 11.9. The van der Waals surface area contributed by atoms with E-state index in [1.165, 1.54) is 27.8 Å². The predicted octanol–water partition coefficient (Wildman–Crippen LogP) is 4.87. The van der Waals surface area contributed by atoms with Crippen LogP contribution in [0.5, 0.6) is 0 Å². The fourth-order valence-corrected chi connectivity index (χ4v) is 3.16. The molecule has 4 rings (SSSR count). The van der Waals surface area contributed by atoms with Gasteiger partial charge in [-0.15, -0.1) is 0 Å². The summed E-state index contributed by atoms with van der Waals surface area (Å²) in [4.78, 5) is 16.9. The number of carboxylic acid groups (broad SMARTS) is 1. The van der Waals surface area contributed by atoms with Gasteiger partial charge in [-0.1, -0.05) is 48.5 Å². The molecule has 10 heteroatoms. The molecule has 0 aliphatic heterocycles. The third-order valence-corrected chi connectivity index (χ3v) is 5.11. The number of halogens is 3. The van der Waals surface area contributed by atoms with Gasteiger partial charge in [0, 0.05) is 25.0 Å². The van der Waals surface area contributed by atoms with E-state index in [1.807, 2.05) is 29.2 Å². The second-order valence-corrected chi connectivity index (χ2v) is 7.67. The predicted molar refractivity (Wildman–Crippen MR) is 124 cm³/mol. The maximum absolute atomic E-state index is 10.6. The summed E-state index contributed by atoms with van der Waals surface area (Å²) in [5, 5.41) is 14.9.